The summed E-state index contributed by atoms with van der Waals surface area (Å²) >= 11 is 0. The van der Waals surface area contributed by atoms with E-state index in [0.717, 1.165) is 17.5 Å². The molecule has 1 saturated carbocycles. The molecular formula is C23H21N5O3. The van der Waals surface area contributed by atoms with Crippen LogP contribution in [0.15, 0.2) is 42.6 Å². The molecule has 0 unspecified atom stereocenters. The van der Waals surface area contributed by atoms with E-state index in [9.17, 15) is 0 Å². The van der Waals surface area contributed by atoms with Gasteiger partial charge in [0.1, 0.15) is 5.69 Å². The predicted octanol–water partition coefficient (Wildman–Crippen LogP) is 3.65. The summed E-state index contributed by atoms with van der Waals surface area (Å²) in [5, 5.41) is 17.4. The van der Waals surface area contributed by atoms with E-state index >= 15 is 0 Å². The largest absolute Gasteiger partial charge is 0.480 e. The zero-order valence-electron chi connectivity index (χ0n) is 17.4. The van der Waals surface area contributed by atoms with E-state index in [1.165, 1.54) is 14.2 Å². The number of methoxy groups -OCH3 is 3. The van der Waals surface area contributed by atoms with Crippen LogP contribution in [0.1, 0.15) is 29.0 Å². The molecule has 8 heteroatoms. The first-order valence-corrected chi connectivity index (χ1v) is 9.72. The normalized spacial score (nSPS) is 17.2. The lowest BCUT2D eigenvalue weighted by atomic mass is 10.1. The van der Waals surface area contributed by atoms with Crippen LogP contribution in [0.2, 0.25) is 0 Å². The van der Waals surface area contributed by atoms with Crippen LogP contribution < -0.4 is 14.2 Å². The zero-order chi connectivity index (χ0) is 21.8. The Balaban J connectivity index is 1.58. The van der Waals surface area contributed by atoms with E-state index in [-0.39, 0.29) is 11.9 Å². The third kappa shape index (κ3) is 4.31. The number of ether oxygens (including phenoxy) is 3. The summed E-state index contributed by atoms with van der Waals surface area (Å²) in [4.78, 5) is 8.38. The SMILES string of the molecule is COc1ncc(-c2cc([C@H]3C[C@@H]3/C=C/c3ccc(C#N)cc3)c(OC)nn2)c(OC)n1. The van der Waals surface area contributed by atoms with Gasteiger partial charge in [0.15, 0.2) is 0 Å². The van der Waals surface area contributed by atoms with Gasteiger partial charge in [0.05, 0.1) is 38.5 Å². The average Bonchev–Trinajstić information content (AvgIpc) is 3.61. The number of nitrogens with zero attached hydrogens (tertiary/aromatic N) is 5. The summed E-state index contributed by atoms with van der Waals surface area (Å²) in [6.07, 6.45) is 6.86. The second-order valence-electron chi connectivity index (χ2n) is 7.07. The van der Waals surface area contributed by atoms with Gasteiger partial charge >= 0.3 is 6.01 Å². The molecule has 0 aliphatic heterocycles. The lowest BCUT2D eigenvalue weighted by Gasteiger charge is -2.10. The Bertz CT molecular complexity index is 1150. The smallest absolute Gasteiger partial charge is 0.319 e. The standard InChI is InChI=1S/C23H21N5O3/c1-29-21-19(13-25-23(26-21)31-3)20-11-18(22(30-2)28-27-20)17-10-16(17)9-8-14-4-6-15(12-24)7-5-14/h4-9,11,13,16-17H,10H2,1-3H3/b9-8+/t16-,17-/m0/s1. The van der Waals surface area contributed by atoms with E-state index in [4.69, 9.17) is 19.5 Å². The van der Waals surface area contributed by atoms with E-state index in [0.29, 0.717) is 34.5 Å². The molecule has 0 saturated heterocycles. The molecule has 1 aromatic carbocycles. The molecule has 3 aromatic rings. The second-order valence-corrected chi connectivity index (χ2v) is 7.07. The first-order valence-electron chi connectivity index (χ1n) is 9.72. The van der Waals surface area contributed by atoms with Crippen molar-refractivity contribution >= 4 is 6.08 Å². The molecule has 2 heterocycles. The topological polar surface area (TPSA) is 103 Å². The summed E-state index contributed by atoms with van der Waals surface area (Å²) in [5.74, 6) is 1.53. The van der Waals surface area contributed by atoms with Gasteiger partial charge in [-0.15, -0.1) is 10.2 Å². The quantitative estimate of drug-likeness (QED) is 0.576. The lowest BCUT2D eigenvalue weighted by Crippen LogP contribution is -2.02. The maximum atomic E-state index is 8.92. The molecule has 2 atom stereocenters. The minimum absolute atomic E-state index is 0.220. The van der Waals surface area contributed by atoms with Crippen LogP contribution in [-0.2, 0) is 0 Å². The fourth-order valence-corrected chi connectivity index (χ4v) is 3.42. The third-order valence-electron chi connectivity index (χ3n) is 5.18. The Hall–Kier alpha value is -3.99. The van der Waals surface area contributed by atoms with Crippen LogP contribution in [0.3, 0.4) is 0 Å². The van der Waals surface area contributed by atoms with E-state index in [1.807, 2.05) is 30.3 Å². The van der Waals surface area contributed by atoms with Gasteiger partial charge in [0.2, 0.25) is 11.8 Å². The van der Waals surface area contributed by atoms with Crippen molar-refractivity contribution < 1.29 is 14.2 Å². The number of rotatable bonds is 7. The van der Waals surface area contributed by atoms with Gasteiger partial charge in [0, 0.05) is 11.8 Å². The maximum Gasteiger partial charge on any atom is 0.319 e. The van der Waals surface area contributed by atoms with Crippen LogP contribution in [-0.4, -0.2) is 41.5 Å². The Labute approximate surface area is 180 Å². The highest BCUT2D eigenvalue weighted by molar-refractivity contribution is 5.65. The summed E-state index contributed by atoms with van der Waals surface area (Å²) in [6, 6.07) is 11.8. The highest BCUT2D eigenvalue weighted by atomic mass is 16.5. The van der Waals surface area contributed by atoms with Crippen molar-refractivity contribution in [3.8, 4) is 35.1 Å². The minimum Gasteiger partial charge on any atom is -0.480 e. The second kappa shape index (κ2) is 8.79. The highest BCUT2D eigenvalue weighted by Crippen LogP contribution is 2.51. The molecular weight excluding hydrogens is 394 g/mol. The fourth-order valence-electron chi connectivity index (χ4n) is 3.42. The van der Waals surface area contributed by atoms with Crippen molar-refractivity contribution in [2.45, 2.75) is 12.3 Å². The fraction of sp³-hybridized carbons (Fsp3) is 0.261. The molecule has 1 aliphatic carbocycles. The van der Waals surface area contributed by atoms with Gasteiger partial charge < -0.3 is 14.2 Å². The highest BCUT2D eigenvalue weighted by Gasteiger charge is 2.39. The van der Waals surface area contributed by atoms with Crippen molar-refractivity contribution in [1.82, 2.24) is 20.2 Å². The zero-order valence-corrected chi connectivity index (χ0v) is 17.4. The Morgan fingerprint density at radius 2 is 1.81 bits per heavy atom. The third-order valence-corrected chi connectivity index (χ3v) is 5.18. The first-order chi connectivity index (χ1) is 15.2. The molecule has 156 valence electrons. The van der Waals surface area contributed by atoms with Crippen LogP contribution in [0.4, 0.5) is 0 Å². The Morgan fingerprint density at radius 3 is 2.48 bits per heavy atom. The molecule has 0 spiro atoms. The molecule has 31 heavy (non-hydrogen) atoms. The number of hydrogen-bond donors (Lipinski definition) is 0. The summed E-state index contributed by atoms with van der Waals surface area (Å²) in [7, 11) is 4.63. The molecule has 4 rings (SSSR count). The monoisotopic (exact) mass is 415 g/mol. The van der Waals surface area contributed by atoms with Gasteiger partial charge in [-0.3, -0.25) is 0 Å². The van der Waals surface area contributed by atoms with E-state index < -0.39 is 0 Å². The first kappa shape index (κ1) is 20.3. The number of hydrogen-bond acceptors (Lipinski definition) is 8. The van der Waals surface area contributed by atoms with Crippen molar-refractivity contribution in [1.29, 1.82) is 5.26 Å². The van der Waals surface area contributed by atoms with Crippen molar-refractivity contribution in [2.75, 3.05) is 21.3 Å². The molecule has 0 N–H and O–H groups in total. The number of aromatic nitrogens is 4. The molecule has 8 nitrogen and oxygen atoms in total. The van der Waals surface area contributed by atoms with Gasteiger partial charge in [0.25, 0.3) is 0 Å². The van der Waals surface area contributed by atoms with Crippen LogP contribution in [0.25, 0.3) is 17.3 Å². The lowest BCUT2D eigenvalue weighted by molar-refractivity contribution is 0.353. The maximum absolute atomic E-state index is 8.92. The van der Waals surface area contributed by atoms with Crippen LogP contribution in [0, 0.1) is 17.2 Å². The van der Waals surface area contributed by atoms with Crippen LogP contribution in [0.5, 0.6) is 17.8 Å². The number of nitriles is 1. The summed E-state index contributed by atoms with van der Waals surface area (Å²) in [6.45, 7) is 0. The van der Waals surface area contributed by atoms with Crippen molar-refractivity contribution in [3.05, 3.63) is 59.3 Å². The van der Waals surface area contributed by atoms with E-state index in [1.54, 1.807) is 13.3 Å². The summed E-state index contributed by atoms with van der Waals surface area (Å²) < 4.78 is 15.9. The molecule has 0 bridgehead atoms. The number of allylic oxidation sites excluding steroid dienone is 1. The van der Waals surface area contributed by atoms with Crippen molar-refractivity contribution in [3.63, 3.8) is 0 Å². The summed E-state index contributed by atoms with van der Waals surface area (Å²) in [5.41, 5.74) is 3.94. The average molecular weight is 415 g/mol. The van der Waals surface area contributed by atoms with E-state index in [2.05, 4.69) is 38.4 Å². The Morgan fingerprint density at radius 1 is 1.03 bits per heavy atom. The molecule has 0 radical (unpaired) electrons. The molecule has 0 amide bonds. The minimum atomic E-state index is 0.220. The Kier molecular flexibility index (Phi) is 5.76. The molecule has 2 aromatic heterocycles. The number of benzene rings is 1. The van der Waals surface area contributed by atoms with Gasteiger partial charge in [-0.1, -0.05) is 24.3 Å². The van der Waals surface area contributed by atoms with Crippen molar-refractivity contribution in [2.24, 2.45) is 5.92 Å². The molecule has 1 fully saturated rings. The predicted molar refractivity (Wildman–Crippen MR) is 114 cm³/mol. The van der Waals surface area contributed by atoms with Crippen LogP contribution >= 0.6 is 0 Å². The van der Waals surface area contributed by atoms with Gasteiger partial charge in [-0.25, -0.2) is 4.98 Å². The van der Waals surface area contributed by atoms with Gasteiger partial charge in [-0.2, -0.15) is 10.2 Å². The van der Waals surface area contributed by atoms with Gasteiger partial charge in [-0.05, 0) is 42.0 Å². The molecule has 1 aliphatic rings.